The molecule has 0 aliphatic rings. The van der Waals surface area contributed by atoms with Crippen molar-refractivity contribution in [2.45, 2.75) is 463 Å². The molecule has 1 unspecified atom stereocenters. The first kappa shape index (κ1) is 81.4. The van der Waals surface area contributed by atoms with Gasteiger partial charge in [-0.2, -0.15) is 0 Å². The fraction of sp³-hybridized carbons (Fsp3) is 0.961. The van der Waals surface area contributed by atoms with Gasteiger partial charge in [0.15, 0.2) is 6.10 Å². The minimum atomic E-state index is -0.762. The van der Waals surface area contributed by atoms with E-state index >= 15 is 0 Å². The Morgan fingerprint density at radius 2 is 0.325 bits per heavy atom. The molecule has 0 aliphatic carbocycles. The third-order valence-corrected chi connectivity index (χ3v) is 18.1. The lowest BCUT2D eigenvalue weighted by Gasteiger charge is -2.18. The summed E-state index contributed by atoms with van der Waals surface area (Å²) in [6.07, 6.45) is 87.8. The van der Waals surface area contributed by atoms with Gasteiger partial charge in [0, 0.05) is 19.3 Å². The summed E-state index contributed by atoms with van der Waals surface area (Å²) in [5, 5.41) is 0. The molecule has 6 heteroatoms. The molecule has 83 heavy (non-hydrogen) atoms. The van der Waals surface area contributed by atoms with E-state index in [-0.39, 0.29) is 31.1 Å². The monoisotopic (exact) mass is 1170 g/mol. The average Bonchev–Trinajstić information content (AvgIpc) is 3.49. The lowest BCUT2D eigenvalue weighted by Crippen LogP contribution is -2.30. The number of carbonyl (C=O) groups is 3. The van der Waals surface area contributed by atoms with E-state index in [2.05, 4.69) is 20.8 Å². The quantitative estimate of drug-likeness (QED) is 0.0343. The molecule has 0 saturated heterocycles. The minimum Gasteiger partial charge on any atom is -0.462 e. The summed E-state index contributed by atoms with van der Waals surface area (Å²) in [5.41, 5.74) is 0. The van der Waals surface area contributed by atoms with E-state index in [9.17, 15) is 14.4 Å². The van der Waals surface area contributed by atoms with Crippen molar-refractivity contribution in [3.63, 3.8) is 0 Å². The molecule has 0 saturated carbocycles. The van der Waals surface area contributed by atoms with Crippen LogP contribution in [0.4, 0.5) is 0 Å². The predicted octanol–water partition coefficient (Wildman–Crippen LogP) is 26.6. The van der Waals surface area contributed by atoms with Crippen molar-refractivity contribution >= 4 is 17.9 Å². The van der Waals surface area contributed by atoms with Gasteiger partial charge in [-0.05, 0) is 19.3 Å². The molecule has 0 amide bonds. The normalized spacial score (nSPS) is 11.9. The summed E-state index contributed by atoms with van der Waals surface area (Å²) in [6, 6.07) is 0. The fourth-order valence-electron chi connectivity index (χ4n) is 12.3. The number of ether oxygens (including phenoxy) is 3. The van der Waals surface area contributed by atoms with Crippen LogP contribution in [0.1, 0.15) is 457 Å². The van der Waals surface area contributed by atoms with Crippen molar-refractivity contribution in [2.24, 2.45) is 0 Å². The first-order valence-corrected chi connectivity index (χ1v) is 38.5. The molecular weight excluding hydrogens is 1020 g/mol. The highest BCUT2D eigenvalue weighted by molar-refractivity contribution is 5.71. The second-order valence-corrected chi connectivity index (χ2v) is 26.6. The fourth-order valence-corrected chi connectivity index (χ4v) is 12.3. The van der Waals surface area contributed by atoms with Gasteiger partial charge >= 0.3 is 17.9 Å². The van der Waals surface area contributed by atoms with Crippen molar-refractivity contribution in [1.82, 2.24) is 0 Å². The predicted molar refractivity (Wildman–Crippen MR) is 363 cm³/mol. The number of hydrogen-bond donors (Lipinski definition) is 0. The van der Waals surface area contributed by atoms with Crippen LogP contribution in [0.2, 0.25) is 0 Å². The van der Waals surface area contributed by atoms with Gasteiger partial charge in [0.25, 0.3) is 0 Å². The molecule has 0 heterocycles. The van der Waals surface area contributed by atoms with E-state index in [1.165, 1.54) is 360 Å². The Morgan fingerprint density at radius 3 is 0.482 bits per heavy atom. The number of esters is 3. The molecule has 0 bridgehead atoms. The van der Waals surface area contributed by atoms with Crippen LogP contribution in [0, 0.1) is 0 Å². The van der Waals surface area contributed by atoms with Crippen LogP contribution in [-0.4, -0.2) is 37.2 Å². The van der Waals surface area contributed by atoms with Crippen molar-refractivity contribution < 1.29 is 28.6 Å². The highest BCUT2D eigenvalue weighted by Gasteiger charge is 2.20. The van der Waals surface area contributed by atoms with Gasteiger partial charge in [0.1, 0.15) is 13.2 Å². The lowest BCUT2D eigenvalue weighted by atomic mass is 10.0. The van der Waals surface area contributed by atoms with Crippen LogP contribution in [-0.2, 0) is 28.6 Å². The van der Waals surface area contributed by atoms with E-state index in [1.807, 2.05) is 0 Å². The molecule has 0 N–H and O–H groups in total. The molecule has 0 rings (SSSR count). The highest BCUT2D eigenvalue weighted by Crippen LogP contribution is 2.20. The van der Waals surface area contributed by atoms with Crippen molar-refractivity contribution in [3.05, 3.63) is 0 Å². The highest BCUT2D eigenvalue weighted by atomic mass is 16.6. The Morgan fingerprint density at radius 1 is 0.193 bits per heavy atom. The Labute approximate surface area is 520 Å². The Bertz CT molecular complexity index is 1250. The van der Waals surface area contributed by atoms with E-state index in [0.29, 0.717) is 19.3 Å². The molecule has 0 spiro atoms. The molecule has 0 aromatic carbocycles. The van der Waals surface area contributed by atoms with E-state index in [0.717, 1.165) is 57.8 Å². The van der Waals surface area contributed by atoms with Gasteiger partial charge in [-0.25, -0.2) is 0 Å². The summed E-state index contributed by atoms with van der Waals surface area (Å²) in [4.78, 5) is 38.2. The van der Waals surface area contributed by atoms with Gasteiger partial charge < -0.3 is 14.2 Å². The Kier molecular flexibility index (Phi) is 71.5. The Balaban J connectivity index is 3.94. The van der Waals surface area contributed by atoms with E-state index in [1.54, 1.807) is 0 Å². The molecule has 0 fully saturated rings. The first-order chi connectivity index (χ1) is 41.0. The van der Waals surface area contributed by atoms with Crippen LogP contribution in [0.15, 0.2) is 0 Å². The van der Waals surface area contributed by atoms with Gasteiger partial charge in [-0.15, -0.1) is 0 Å². The van der Waals surface area contributed by atoms with E-state index < -0.39 is 6.10 Å². The smallest absolute Gasteiger partial charge is 0.306 e. The maximum absolute atomic E-state index is 12.9. The van der Waals surface area contributed by atoms with Crippen LogP contribution in [0.25, 0.3) is 0 Å². The first-order valence-electron chi connectivity index (χ1n) is 38.5. The third-order valence-electron chi connectivity index (χ3n) is 18.1. The van der Waals surface area contributed by atoms with Crippen molar-refractivity contribution in [3.8, 4) is 0 Å². The van der Waals surface area contributed by atoms with Crippen LogP contribution < -0.4 is 0 Å². The van der Waals surface area contributed by atoms with E-state index in [4.69, 9.17) is 14.2 Å². The van der Waals surface area contributed by atoms with Crippen LogP contribution >= 0.6 is 0 Å². The summed E-state index contributed by atoms with van der Waals surface area (Å²) < 4.78 is 16.9. The summed E-state index contributed by atoms with van der Waals surface area (Å²) in [6.45, 7) is 6.70. The second-order valence-electron chi connectivity index (χ2n) is 26.6. The van der Waals surface area contributed by atoms with Gasteiger partial charge in [0.05, 0.1) is 0 Å². The lowest BCUT2D eigenvalue weighted by molar-refractivity contribution is -0.167. The van der Waals surface area contributed by atoms with Crippen LogP contribution in [0.5, 0.6) is 0 Å². The van der Waals surface area contributed by atoms with Crippen molar-refractivity contribution in [2.75, 3.05) is 13.2 Å². The summed E-state index contributed by atoms with van der Waals surface area (Å²) in [7, 11) is 0. The minimum absolute atomic E-state index is 0.0611. The van der Waals surface area contributed by atoms with Crippen LogP contribution in [0.3, 0.4) is 0 Å². The molecule has 0 aromatic rings. The zero-order chi connectivity index (χ0) is 59.9. The molecule has 494 valence electrons. The maximum Gasteiger partial charge on any atom is 0.306 e. The molecule has 1 atom stereocenters. The van der Waals surface area contributed by atoms with Gasteiger partial charge in [0.2, 0.25) is 0 Å². The topological polar surface area (TPSA) is 78.9 Å². The molecule has 6 nitrogen and oxygen atoms in total. The van der Waals surface area contributed by atoms with Gasteiger partial charge in [-0.1, -0.05) is 419 Å². The molecule has 0 aliphatic heterocycles. The molecule has 0 radical (unpaired) electrons. The largest absolute Gasteiger partial charge is 0.462 e. The zero-order valence-electron chi connectivity index (χ0n) is 57.0. The SMILES string of the molecule is CCCCCCCCCCCCCCCCCCCCCCCCCCCCCCCC(=O)OCC(COC(=O)CCCCCCCCC)OC(=O)CCCCCCCCCCCCCCCCCCCCCCCCCCCCCCC. The van der Waals surface area contributed by atoms with Gasteiger partial charge in [-0.3, -0.25) is 14.4 Å². The maximum atomic E-state index is 12.9. The zero-order valence-corrected chi connectivity index (χ0v) is 57.0. The summed E-state index contributed by atoms with van der Waals surface area (Å²) in [5.74, 6) is -0.829. The van der Waals surface area contributed by atoms with Crippen molar-refractivity contribution in [1.29, 1.82) is 0 Å². The molecule has 0 aromatic heterocycles. The Hall–Kier alpha value is -1.59. The second kappa shape index (κ2) is 72.9. The summed E-state index contributed by atoms with van der Waals surface area (Å²) >= 11 is 0. The third kappa shape index (κ3) is 71.1. The average molecular weight is 1170 g/mol. The number of rotatable bonds is 73. The standard InChI is InChI=1S/C77H150O6/c1-4-7-10-13-16-18-20-22-24-26-28-30-32-34-36-38-40-42-44-46-48-50-52-54-56-58-61-64-67-70-76(79)82-73-74(72-81-75(78)69-66-63-60-15-12-9-6-3)83-77(80)71-68-65-62-59-57-55-53-51-49-47-45-43-41-39-37-35-33-31-29-27-25-23-21-19-17-14-11-8-5-2/h74H,4-73H2,1-3H3. The number of carbonyl (C=O) groups excluding carboxylic acids is 3. The number of unbranched alkanes of at least 4 members (excludes halogenated alkanes) is 62. The molecular formula is C77H150O6. The number of hydrogen-bond acceptors (Lipinski definition) is 6.